The molecule has 0 aliphatic heterocycles. The molecule has 0 atom stereocenters. The molecule has 0 bridgehead atoms. The number of nitrogens with one attached hydrogen (secondary N) is 1. The van der Waals surface area contributed by atoms with Crippen LogP contribution in [0, 0.1) is 0 Å². The Morgan fingerprint density at radius 2 is 1.89 bits per heavy atom. The van der Waals surface area contributed by atoms with Crippen molar-refractivity contribution in [3.63, 3.8) is 0 Å². The average Bonchev–Trinajstić information content (AvgIpc) is 3.16. The Kier molecular flexibility index (Phi) is 5.64. The predicted molar refractivity (Wildman–Crippen MR) is 102 cm³/mol. The largest absolute Gasteiger partial charge is 0.486 e. The van der Waals surface area contributed by atoms with Crippen molar-refractivity contribution >= 4 is 17.5 Å². The maximum atomic E-state index is 12.5. The van der Waals surface area contributed by atoms with E-state index in [1.807, 2.05) is 13.8 Å². The van der Waals surface area contributed by atoms with Crippen molar-refractivity contribution in [1.29, 1.82) is 0 Å². The minimum atomic E-state index is -0.522. The summed E-state index contributed by atoms with van der Waals surface area (Å²) in [6, 6.07) is 13.2. The number of carbonyl (C=O) groups excluding carboxylic acids is 2. The predicted octanol–water partition coefficient (Wildman–Crippen LogP) is 2.18. The molecule has 0 fully saturated rings. The van der Waals surface area contributed by atoms with Gasteiger partial charge in [0.15, 0.2) is 5.82 Å². The van der Waals surface area contributed by atoms with Crippen molar-refractivity contribution in [2.75, 3.05) is 5.32 Å². The fourth-order valence-electron chi connectivity index (χ4n) is 2.50. The van der Waals surface area contributed by atoms with Crippen molar-refractivity contribution in [1.82, 2.24) is 20.2 Å². The van der Waals surface area contributed by atoms with Gasteiger partial charge in [-0.25, -0.2) is 4.68 Å². The molecule has 0 spiro atoms. The number of rotatable bonds is 7. The first-order valence-electron chi connectivity index (χ1n) is 8.65. The molecule has 0 aliphatic carbocycles. The highest BCUT2D eigenvalue weighted by molar-refractivity contribution is 6.04. The summed E-state index contributed by atoms with van der Waals surface area (Å²) in [5.41, 5.74) is 6.56. The Morgan fingerprint density at radius 1 is 1.14 bits per heavy atom. The van der Waals surface area contributed by atoms with Gasteiger partial charge in [0, 0.05) is 16.8 Å². The van der Waals surface area contributed by atoms with Gasteiger partial charge in [0.05, 0.1) is 6.04 Å². The summed E-state index contributed by atoms with van der Waals surface area (Å²) >= 11 is 0. The first-order chi connectivity index (χ1) is 13.4. The smallest absolute Gasteiger partial charge is 0.255 e. The zero-order valence-electron chi connectivity index (χ0n) is 15.5. The van der Waals surface area contributed by atoms with Gasteiger partial charge in [0.2, 0.25) is 5.91 Å². The van der Waals surface area contributed by atoms with E-state index in [4.69, 9.17) is 10.5 Å². The van der Waals surface area contributed by atoms with E-state index in [0.29, 0.717) is 28.4 Å². The third-order valence-electron chi connectivity index (χ3n) is 3.94. The minimum Gasteiger partial charge on any atom is -0.486 e. The van der Waals surface area contributed by atoms with E-state index in [2.05, 4.69) is 20.8 Å². The number of primary amides is 1. The van der Waals surface area contributed by atoms with E-state index in [0.717, 1.165) is 0 Å². The highest BCUT2D eigenvalue weighted by Gasteiger charge is 2.11. The average molecular weight is 380 g/mol. The number of nitrogens with zero attached hydrogens (tertiary/aromatic N) is 4. The molecule has 0 unspecified atom stereocenters. The van der Waals surface area contributed by atoms with E-state index in [9.17, 15) is 9.59 Å². The lowest BCUT2D eigenvalue weighted by molar-refractivity contribution is 0.0998. The fraction of sp³-hybridized carbons (Fsp3) is 0.211. The van der Waals surface area contributed by atoms with Crippen LogP contribution in [0.1, 0.15) is 46.4 Å². The SMILES string of the molecule is CC(C)n1nnnc1COc1cccc(C(=O)Nc2ccc(C(N)=O)cc2)c1. The van der Waals surface area contributed by atoms with E-state index in [1.54, 1.807) is 53.2 Å². The summed E-state index contributed by atoms with van der Waals surface area (Å²) in [5, 5.41) is 14.3. The van der Waals surface area contributed by atoms with Gasteiger partial charge in [-0.05, 0) is 66.7 Å². The van der Waals surface area contributed by atoms with Crippen LogP contribution >= 0.6 is 0 Å². The van der Waals surface area contributed by atoms with Crippen LogP contribution in [0.3, 0.4) is 0 Å². The molecule has 0 radical (unpaired) electrons. The molecule has 0 saturated heterocycles. The number of hydrogen-bond acceptors (Lipinski definition) is 6. The molecule has 144 valence electrons. The van der Waals surface area contributed by atoms with E-state index in [1.165, 1.54) is 0 Å². The summed E-state index contributed by atoms with van der Waals surface area (Å²) in [6.07, 6.45) is 0. The molecule has 3 N–H and O–H groups in total. The second-order valence-corrected chi connectivity index (χ2v) is 6.35. The van der Waals surface area contributed by atoms with E-state index < -0.39 is 5.91 Å². The van der Waals surface area contributed by atoms with Crippen LogP contribution in [-0.4, -0.2) is 32.0 Å². The Morgan fingerprint density at radius 3 is 2.57 bits per heavy atom. The standard InChI is InChI=1S/C19H20N6O3/c1-12(2)25-17(22-23-24-25)11-28-16-5-3-4-14(10-16)19(27)21-15-8-6-13(7-9-15)18(20)26/h3-10,12H,11H2,1-2H3,(H2,20,26)(H,21,27). The van der Waals surface area contributed by atoms with Crippen LogP contribution in [0.2, 0.25) is 0 Å². The maximum absolute atomic E-state index is 12.5. The molecule has 0 aliphatic rings. The number of carbonyl (C=O) groups is 2. The number of anilines is 1. The molecule has 2 amide bonds. The molecule has 1 heterocycles. The molecule has 3 rings (SSSR count). The van der Waals surface area contributed by atoms with Crippen LogP contribution in [0.15, 0.2) is 48.5 Å². The summed E-state index contributed by atoms with van der Waals surface area (Å²) in [6.45, 7) is 4.13. The number of tetrazole rings is 1. The van der Waals surface area contributed by atoms with Crippen molar-refractivity contribution in [3.8, 4) is 5.75 Å². The number of benzene rings is 2. The third kappa shape index (κ3) is 4.50. The number of ether oxygens (including phenoxy) is 1. The second kappa shape index (κ2) is 8.30. The van der Waals surface area contributed by atoms with Crippen molar-refractivity contribution in [2.24, 2.45) is 5.73 Å². The maximum Gasteiger partial charge on any atom is 0.255 e. The van der Waals surface area contributed by atoms with Crippen LogP contribution in [-0.2, 0) is 6.61 Å². The lowest BCUT2D eigenvalue weighted by atomic mass is 10.1. The van der Waals surface area contributed by atoms with Gasteiger partial charge >= 0.3 is 0 Å². The summed E-state index contributed by atoms with van der Waals surface area (Å²) in [7, 11) is 0. The Labute approximate surface area is 161 Å². The van der Waals surface area contributed by atoms with Crippen molar-refractivity contribution in [2.45, 2.75) is 26.5 Å². The monoisotopic (exact) mass is 380 g/mol. The van der Waals surface area contributed by atoms with E-state index >= 15 is 0 Å². The van der Waals surface area contributed by atoms with Gasteiger partial charge in [0.1, 0.15) is 12.4 Å². The second-order valence-electron chi connectivity index (χ2n) is 6.35. The third-order valence-corrected chi connectivity index (χ3v) is 3.94. The normalized spacial score (nSPS) is 10.7. The summed E-state index contributed by atoms with van der Waals surface area (Å²) in [5.74, 6) is 0.296. The quantitative estimate of drug-likeness (QED) is 0.647. The molecule has 9 heteroatoms. The van der Waals surface area contributed by atoms with Gasteiger partial charge in [-0.15, -0.1) is 5.10 Å². The minimum absolute atomic E-state index is 0.117. The highest BCUT2D eigenvalue weighted by atomic mass is 16.5. The molecular weight excluding hydrogens is 360 g/mol. The van der Waals surface area contributed by atoms with Crippen LogP contribution < -0.4 is 15.8 Å². The van der Waals surface area contributed by atoms with Crippen molar-refractivity contribution in [3.05, 3.63) is 65.5 Å². The van der Waals surface area contributed by atoms with Gasteiger partial charge in [-0.2, -0.15) is 0 Å². The molecule has 3 aromatic rings. The molecule has 28 heavy (non-hydrogen) atoms. The summed E-state index contributed by atoms with van der Waals surface area (Å²) < 4.78 is 7.40. The molecule has 2 aromatic carbocycles. The lowest BCUT2D eigenvalue weighted by Crippen LogP contribution is -2.14. The first-order valence-corrected chi connectivity index (χ1v) is 8.65. The van der Waals surface area contributed by atoms with Gasteiger partial charge in [0.25, 0.3) is 5.91 Å². The topological polar surface area (TPSA) is 125 Å². The Bertz CT molecular complexity index is 981. The van der Waals surface area contributed by atoms with E-state index in [-0.39, 0.29) is 18.6 Å². The van der Waals surface area contributed by atoms with Crippen molar-refractivity contribution < 1.29 is 14.3 Å². The number of amides is 2. The van der Waals surface area contributed by atoms with Crippen LogP contribution in [0.5, 0.6) is 5.75 Å². The zero-order valence-corrected chi connectivity index (χ0v) is 15.5. The number of aromatic nitrogens is 4. The fourth-order valence-corrected chi connectivity index (χ4v) is 2.50. The first kappa shape index (κ1) is 19.0. The Hall–Kier alpha value is -3.75. The van der Waals surface area contributed by atoms with Gasteiger partial charge < -0.3 is 15.8 Å². The molecule has 1 aromatic heterocycles. The Balaban J connectivity index is 1.65. The molecule has 9 nitrogen and oxygen atoms in total. The number of hydrogen-bond donors (Lipinski definition) is 2. The van der Waals surface area contributed by atoms with Crippen LogP contribution in [0.4, 0.5) is 5.69 Å². The van der Waals surface area contributed by atoms with Gasteiger partial charge in [-0.1, -0.05) is 6.07 Å². The lowest BCUT2D eigenvalue weighted by Gasteiger charge is -2.10. The highest BCUT2D eigenvalue weighted by Crippen LogP contribution is 2.17. The summed E-state index contributed by atoms with van der Waals surface area (Å²) in [4.78, 5) is 23.6. The van der Waals surface area contributed by atoms with Gasteiger partial charge in [-0.3, -0.25) is 9.59 Å². The zero-order chi connectivity index (χ0) is 20.1. The number of nitrogens with two attached hydrogens (primary N) is 1. The molecule has 0 saturated carbocycles. The van der Waals surface area contributed by atoms with Crippen LogP contribution in [0.25, 0.3) is 0 Å². The molecular formula is C19H20N6O3.